The number of carbonyl (C=O) groups is 1. The van der Waals surface area contributed by atoms with Crippen LogP contribution in [0.3, 0.4) is 0 Å². The van der Waals surface area contributed by atoms with Gasteiger partial charge in [0.05, 0.1) is 0 Å². The molecule has 0 bridgehead atoms. The molecule has 18 heavy (non-hydrogen) atoms. The van der Waals surface area contributed by atoms with Crippen LogP contribution in [0, 0.1) is 6.92 Å². The predicted molar refractivity (Wildman–Crippen MR) is 66.5 cm³/mol. The van der Waals surface area contributed by atoms with Crippen LogP contribution in [0.4, 0.5) is 0 Å². The second-order valence-corrected chi connectivity index (χ2v) is 4.67. The van der Waals surface area contributed by atoms with Crippen LogP contribution < -0.4 is 0 Å². The summed E-state index contributed by atoms with van der Waals surface area (Å²) in [5.74, 6) is 0.462. The Bertz CT molecular complexity index is 582. The van der Waals surface area contributed by atoms with Crippen molar-refractivity contribution in [2.45, 2.75) is 17.8 Å². The third-order valence-electron chi connectivity index (χ3n) is 2.46. The van der Waals surface area contributed by atoms with Crippen LogP contribution in [0.15, 0.2) is 23.5 Å². The predicted octanol–water partition coefficient (Wildman–Crippen LogP) is 1.51. The molecule has 0 amide bonds. The zero-order chi connectivity index (χ0) is 13.1. The number of nitrogens with zero attached hydrogens (tertiary/aromatic N) is 4. The van der Waals surface area contributed by atoms with E-state index in [0.29, 0.717) is 5.75 Å². The maximum atomic E-state index is 10.8. The van der Waals surface area contributed by atoms with Gasteiger partial charge < -0.3 is 9.67 Å². The first-order chi connectivity index (χ1) is 8.58. The number of carboxylic acids is 1. The standard InChI is InChI=1S/C11H12N4O2S/c1-7-13-14-11(15(7)2)18-6-8-3-4-12-9(5-8)10(16)17/h3-5H,6H2,1-2H3,(H,16,17). The lowest BCUT2D eigenvalue weighted by molar-refractivity contribution is 0.0690. The number of pyridine rings is 1. The minimum absolute atomic E-state index is 0.0576. The van der Waals surface area contributed by atoms with Crippen molar-refractivity contribution < 1.29 is 9.90 Å². The molecule has 2 aromatic heterocycles. The van der Waals surface area contributed by atoms with Crippen LogP contribution in [0.5, 0.6) is 0 Å². The summed E-state index contributed by atoms with van der Waals surface area (Å²) < 4.78 is 1.89. The summed E-state index contributed by atoms with van der Waals surface area (Å²) in [6.45, 7) is 1.88. The second-order valence-electron chi connectivity index (χ2n) is 3.73. The van der Waals surface area contributed by atoms with E-state index in [2.05, 4.69) is 15.2 Å². The number of hydrogen-bond acceptors (Lipinski definition) is 5. The van der Waals surface area contributed by atoms with E-state index in [9.17, 15) is 4.79 Å². The quantitative estimate of drug-likeness (QED) is 0.843. The van der Waals surface area contributed by atoms with Crippen molar-refractivity contribution in [2.24, 2.45) is 7.05 Å². The molecule has 0 unspecified atom stereocenters. The van der Waals surface area contributed by atoms with Crippen molar-refractivity contribution in [2.75, 3.05) is 0 Å². The number of hydrogen-bond donors (Lipinski definition) is 1. The van der Waals surface area contributed by atoms with Gasteiger partial charge in [0.25, 0.3) is 0 Å². The zero-order valence-corrected chi connectivity index (χ0v) is 10.8. The fourth-order valence-corrected chi connectivity index (χ4v) is 2.24. The highest BCUT2D eigenvalue weighted by molar-refractivity contribution is 7.98. The maximum absolute atomic E-state index is 10.8. The molecule has 0 fully saturated rings. The molecule has 0 saturated carbocycles. The van der Waals surface area contributed by atoms with Crippen molar-refractivity contribution in [1.29, 1.82) is 0 Å². The Balaban J connectivity index is 2.08. The smallest absolute Gasteiger partial charge is 0.354 e. The molecule has 0 saturated heterocycles. The fraction of sp³-hybridized carbons (Fsp3) is 0.273. The van der Waals surface area contributed by atoms with Crippen molar-refractivity contribution in [1.82, 2.24) is 19.7 Å². The van der Waals surface area contributed by atoms with Gasteiger partial charge in [0, 0.05) is 19.0 Å². The monoisotopic (exact) mass is 264 g/mol. The molecule has 2 aromatic rings. The molecule has 2 rings (SSSR count). The molecule has 0 aliphatic heterocycles. The van der Waals surface area contributed by atoms with Crippen molar-refractivity contribution in [3.63, 3.8) is 0 Å². The van der Waals surface area contributed by atoms with Crippen LogP contribution in [-0.4, -0.2) is 30.8 Å². The number of rotatable bonds is 4. The van der Waals surface area contributed by atoms with Gasteiger partial charge in [-0.15, -0.1) is 10.2 Å². The van der Waals surface area contributed by atoms with Crippen LogP contribution in [-0.2, 0) is 12.8 Å². The summed E-state index contributed by atoms with van der Waals surface area (Å²) >= 11 is 1.51. The Hall–Kier alpha value is -1.89. The van der Waals surface area contributed by atoms with E-state index >= 15 is 0 Å². The molecule has 0 aliphatic carbocycles. The lowest BCUT2D eigenvalue weighted by Gasteiger charge is -2.02. The van der Waals surface area contributed by atoms with Gasteiger partial charge in [-0.25, -0.2) is 9.78 Å². The highest BCUT2D eigenvalue weighted by Crippen LogP contribution is 2.20. The van der Waals surface area contributed by atoms with Crippen molar-refractivity contribution in [3.8, 4) is 0 Å². The molecule has 94 valence electrons. The first-order valence-corrected chi connectivity index (χ1v) is 6.23. The first-order valence-electron chi connectivity index (χ1n) is 5.25. The minimum Gasteiger partial charge on any atom is -0.477 e. The fourth-order valence-electron chi connectivity index (χ4n) is 1.34. The van der Waals surface area contributed by atoms with Gasteiger partial charge in [0.15, 0.2) is 5.16 Å². The van der Waals surface area contributed by atoms with Gasteiger partial charge >= 0.3 is 5.97 Å². The Labute approximate surface area is 108 Å². The Morgan fingerprint density at radius 2 is 2.28 bits per heavy atom. The third-order valence-corrected chi connectivity index (χ3v) is 3.56. The largest absolute Gasteiger partial charge is 0.477 e. The van der Waals surface area contributed by atoms with Crippen LogP contribution in [0.25, 0.3) is 0 Å². The van der Waals surface area contributed by atoms with Crippen molar-refractivity contribution in [3.05, 3.63) is 35.4 Å². The zero-order valence-electron chi connectivity index (χ0n) is 9.99. The average Bonchev–Trinajstić information content (AvgIpc) is 2.68. The van der Waals surface area contributed by atoms with E-state index in [4.69, 9.17) is 5.11 Å². The molecule has 2 heterocycles. The number of aromatic carboxylic acids is 1. The SMILES string of the molecule is Cc1nnc(SCc2ccnc(C(=O)O)c2)n1C. The van der Waals surface area contributed by atoms with Gasteiger partial charge in [-0.05, 0) is 24.6 Å². The van der Waals surface area contributed by atoms with Crippen molar-refractivity contribution >= 4 is 17.7 Å². The lowest BCUT2D eigenvalue weighted by Crippen LogP contribution is -2.00. The van der Waals surface area contributed by atoms with E-state index in [-0.39, 0.29) is 5.69 Å². The summed E-state index contributed by atoms with van der Waals surface area (Å²) in [6.07, 6.45) is 1.50. The first kappa shape index (κ1) is 12.6. The topological polar surface area (TPSA) is 80.9 Å². The highest BCUT2D eigenvalue weighted by atomic mass is 32.2. The molecule has 7 heteroatoms. The van der Waals surface area contributed by atoms with E-state index in [0.717, 1.165) is 16.5 Å². The summed E-state index contributed by atoms with van der Waals surface area (Å²) in [6, 6.07) is 3.36. The van der Waals surface area contributed by atoms with E-state index in [1.807, 2.05) is 18.5 Å². The van der Waals surface area contributed by atoms with Gasteiger partial charge in [0.2, 0.25) is 0 Å². The summed E-state index contributed by atoms with van der Waals surface area (Å²) in [5.41, 5.74) is 0.954. The molecule has 0 aliphatic rings. The number of carboxylic acid groups (broad SMARTS) is 1. The minimum atomic E-state index is -1.02. The van der Waals surface area contributed by atoms with Crippen LogP contribution in [0.1, 0.15) is 21.9 Å². The van der Waals surface area contributed by atoms with Gasteiger partial charge in [-0.3, -0.25) is 0 Å². The van der Waals surface area contributed by atoms with Gasteiger partial charge in [-0.1, -0.05) is 11.8 Å². The molecular formula is C11H12N4O2S. The van der Waals surface area contributed by atoms with E-state index in [1.165, 1.54) is 18.0 Å². The van der Waals surface area contributed by atoms with Crippen LogP contribution >= 0.6 is 11.8 Å². The Kier molecular flexibility index (Phi) is 3.61. The lowest BCUT2D eigenvalue weighted by atomic mass is 10.2. The average molecular weight is 264 g/mol. The third kappa shape index (κ3) is 2.67. The Morgan fingerprint density at radius 1 is 1.50 bits per heavy atom. The molecular weight excluding hydrogens is 252 g/mol. The maximum Gasteiger partial charge on any atom is 0.354 e. The summed E-state index contributed by atoms with van der Waals surface area (Å²) in [4.78, 5) is 14.6. The normalized spacial score (nSPS) is 10.6. The second kappa shape index (κ2) is 5.18. The number of aryl methyl sites for hydroxylation is 1. The molecule has 0 aromatic carbocycles. The van der Waals surface area contributed by atoms with E-state index < -0.39 is 5.97 Å². The molecule has 0 spiro atoms. The highest BCUT2D eigenvalue weighted by Gasteiger charge is 2.08. The molecule has 0 radical (unpaired) electrons. The molecule has 0 atom stereocenters. The van der Waals surface area contributed by atoms with Gasteiger partial charge in [-0.2, -0.15) is 0 Å². The van der Waals surface area contributed by atoms with Gasteiger partial charge in [0.1, 0.15) is 11.5 Å². The number of thioether (sulfide) groups is 1. The Morgan fingerprint density at radius 3 is 2.89 bits per heavy atom. The van der Waals surface area contributed by atoms with Crippen LogP contribution in [0.2, 0.25) is 0 Å². The van der Waals surface area contributed by atoms with E-state index in [1.54, 1.807) is 12.1 Å². The number of aromatic nitrogens is 4. The molecule has 1 N–H and O–H groups in total. The summed E-state index contributed by atoms with van der Waals surface area (Å²) in [5, 5.41) is 17.6. The summed E-state index contributed by atoms with van der Waals surface area (Å²) in [7, 11) is 1.90. The molecule has 6 nitrogen and oxygen atoms in total.